The molecule has 11 heteroatoms. The van der Waals surface area contributed by atoms with Crippen molar-refractivity contribution in [3.63, 3.8) is 0 Å². The molecule has 0 saturated carbocycles. The summed E-state index contributed by atoms with van der Waals surface area (Å²) in [7, 11) is 8.55. The van der Waals surface area contributed by atoms with Gasteiger partial charge in [0.2, 0.25) is 23.6 Å². The van der Waals surface area contributed by atoms with Crippen molar-refractivity contribution in [3.8, 4) is 0 Å². The zero-order valence-electron chi connectivity index (χ0n) is 27.4. The van der Waals surface area contributed by atoms with Crippen LogP contribution in [0.4, 0.5) is 0 Å². The third-order valence-electron chi connectivity index (χ3n) is 8.53. The highest BCUT2D eigenvalue weighted by molar-refractivity contribution is 5.87. The topological polar surface area (TPSA) is 121 Å². The lowest BCUT2D eigenvalue weighted by atomic mass is 9.90. The van der Waals surface area contributed by atoms with Crippen LogP contribution in [-0.4, -0.2) is 124 Å². The SMILES string of the molecule is CCNC(=O)C(C)C(OC)C1CCCN1C(=O)CC(OC)C(C(C)CC)N(C)C(=O)CNC(=O)C(C(C)C)N(C)C. The smallest absolute Gasteiger partial charge is 0.242 e. The van der Waals surface area contributed by atoms with E-state index in [1.807, 2.05) is 65.4 Å². The Morgan fingerprint density at radius 2 is 1.59 bits per heavy atom. The molecule has 1 rings (SSSR count). The van der Waals surface area contributed by atoms with Gasteiger partial charge in [-0.15, -0.1) is 0 Å². The highest BCUT2D eigenvalue weighted by atomic mass is 16.5. The zero-order valence-corrected chi connectivity index (χ0v) is 27.4. The summed E-state index contributed by atoms with van der Waals surface area (Å²) in [6.45, 7) is 12.7. The van der Waals surface area contributed by atoms with Crippen molar-refractivity contribution in [2.24, 2.45) is 17.8 Å². The molecule has 1 saturated heterocycles. The van der Waals surface area contributed by atoms with Crippen LogP contribution < -0.4 is 10.6 Å². The molecule has 0 aliphatic carbocycles. The van der Waals surface area contributed by atoms with Crippen LogP contribution in [0.5, 0.6) is 0 Å². The van der Waals surface area contributed by atoms with Crippen molar-refractivity contribution >= 4 is 23.6 Å². The quantitative estimate of drug-likeness (QED) is 0.268. The highest BCUT2D eigenvalue weighted by Crippen LogP contribution is 2.29. The first-order chi connectivity index (χ1) is 19.3. The Hall–Kier alpha value is -2.24. The number of methoxy groups -OCH3 is 2. The van der Waals surface area contributed by atoms with Crippen LogP contribution in [0, 0.1) is 17.8 Å². The third kappa shape index (κ3) is 9.92. The molecular formula is C30H57N5O6. The van der Waals surface area contributed by atoms with E-state index in [-0.39, 0.29) is 66.6 Å². The minimum absolute atomic E-state index is 0.0430. The van der Waals surface area contributed by atoms with Crippen molar-refractivity contribution in [2.45, 2.75) is 97.6 Å². The van der Waals surface area contributed by atoms with E-state index in [0.717, 1.165) is 19.3 Å². The molecule has 1 heterocycles. The summed E-state index contributed by atoms with van der Waals surface area (Å²) in [5, 5.41) is 5.65. The predicted molar refractivity (Wildman–Crippen MR) is 160 cm³/mol. The van der Waals surface area contributed by atoms with Gasteiger partial charge in [0.1, 0.15) is 0 Å². The summed E-state index contributed by atoms with van der Waals surface area (Å²) >= 11 is 0. The van der Waals surface area contributed by atoms with Gasteiger partial charge in [0, 0.05) is 34.4 Å². The number of hydrogen-bond acceptors (Lipinski definition) is 7. The molecule has 2 N–H and O–H groups in total. The maximum atomic E-state index is 13.7. The largest absolute Gasteiger partial charge is 0.379 e. The summed E-state index contributed by atoms with van der Waals surface area (Å²) in [6.07, 6.45) is 1.48. The van der Waals surface area contributed by atoms with Gasteiger partial charge in [-0.05, 0) is 45.7 Å². The molecule has 4 amide bonds. The summed E-state index contributed by atoms with van der Waals surface area (Å²) in [5.41, 5.74) is 0. The van der Waals surface area contributed by atoms with Gasteiger partial charge >= 0.3 is 0 Å². The molecule has 0 radical (unpaired) electrons. The maximum absolute atomic E-state index is 13.7. The normalized spacial score (nSPS) is 19.8. The Morgan fingerprint density at radius 3 is 2.07 bits per heavy atom. The van der Waals surface area contributed by atoms with Crippen molar-refractivity contribution in [3.05, 3.63) is 0 Å². The molecule has 1 fully saturated rings. The first-order valence-corrected chi connectivity index (χ1v) is 15.1. The number of carbonyl (C=O) groups excluding carboxylic acids is 4. The van der Waals surface area contributed by atoms with Crippen molar-refractivity contribution in [1.82, 2.24) is 25.3 Å². The lowest BCUT2D eigenvalue weighted by Crippen LogP contribution is -2.55. The first-order valence-electron chi connectivity index (χ1n) is 15.1. The number of likely N-dealkylation sites (tertiary alicyclic amines) is 1. The average molecular weight is 584 g/mol. The molecule has 0 aromatic carbocycles. The van der Waals surface area contributed by atoms with Crippen LogP contribution in [-0.2, 0) is 28.7 Å². The second-order valence-corrected chi connectivity index (χ2v) is 11.9. The van der Waals surface area contributed by atoms with E-state index < -0.39 is 18.1 Å². The number of amides is 4. The molecule has 41 heavy (non-hydrogen) atoms. The summed E-state index contributed by atoms with van der Waals surface area (Å²) in [4.78, 5) is 57.6. The van der Waals surface area contributed by atoms with Crippen LogP contribution in [0.3, 0.4) is 0 Å². The van der Waals surface area contributed by atoms with Crippen LogP contribution in [0.25, 0.3) is 0 Å². The van der Waals surface area contributed by atoms with E-state index in [1.165, 1.54) is 0 Å². The number of nitrogens with one attached hydrogen (secondary N) is 2. The Bertz CT molecular complexity index is 845. The fourth-order valence-electron chi connectivity index (χ4n) is 6.19. The Labute approximate surface area is 248 Å². The van der Waals surface area contributed by atoms with E-state index in [0.29, 0.717) is 13.1 Å². The van der Waals surface area contributed by atoms with Gasteiger partial charge in [0.25, 0.3) is 0 Å². The Kier molecular flexibility index (Phi) is 15.8. The lowest BCUT2D eigenvalue weighted by molar-refractivity contribution is -0.145. The van der Waals surface area contributed by atoms with Gasteiger partial charge in [-0.2, -0.15) is 0 Å². The van der Waals surface area contributed by atoms with E-state index in [9.17, 15) is 19.2 Å². The molecule has 11 nitrogen and oxygen atoms in total. The molecular weight excluding hydrogens is 526 g/mol. The lowest BCUT2D eigenvalue weighted by Gasteiger charge is -2.39. The summed E-state index contributed by atoms with van der Waals surface area (Å²) in [5.74, 6) is -0.896. The second-order valence-electron chi connectivity index (χ2n) is 11.9. The minimum atomic E-state index is -0.546. The van der Waals surface area contributed by atoms with E-state index >= 15 is 0 Å². The fraction of sp³-hybridized carbons (Fsp3) is 0.867. The predicted octanol–water partition coefficient (Wildman–Crippen LogP) is 1.75. The molecule has 0 bridgehead atoms. The standard InChI is InChI=1S/C30H57N5O6/c1-12-20(5)27(34(9)25(37)18-32-30(39)26(19(3)4)33(7)8)23(40-10)17-24(36)35-16-14-15-22(35)28(41-11)21(6)29(38)31-13-2/h19-23,26-28H,12-18H2,1-11H3,(H,31,38)(H,32,39). The van der Waals surface area contributed by atoms with Gasteiger partial charge in [0.05, 0.1) is 49.2 Å². The molecule has 1 aliphatic rings. The highest BCUT2D eigenvalue weighted by Gasteiger charge is 2.42. The van der Waals surface area contributed by atoms with Gasteiger partial charge in [-0.1, -0.05) is 41.0 Å². The molecule has 0 aromatic rings. The van der Waals surface area contributed by atoms with Gasteiger partial charge < -0.3 is 29.9 Å². The molecule has 238 valence electrons. The molecule has 1 aliphatic heterocycles. The number of rotatable bonds is 17. The fourth-order valence-corrected chi connectivity index (χ4v) is 6.19. The van der Waals surface area contributed by atoms with Crippen LogP contribution in [0.15, 0.2) is 0 Å². The maximum Gasteiger partial charge on any atom is 0.242 e. The molecule has 7 unspecified atom stereocenters. The van der Waals surface area contributed by atoms with Crippen molar-refractivity contribution in [2.75, 3.05) is 55.0 Å². The van der Waals surface area contributed by atoms with Gasteiger partial charge in [-0.3, -0.25) is 24.1 Å². The summed E-state index contributed by atoms with van der Waals surface area (Å²) < 4.78 is 11.6. The minimum Gasteiger partial charge on any atom is -0.379 e. The average Bonchev–Trinajstić information content (AvgIpc) is 3.40. The molecule has 0 spiro atoms. The number of likely N-dealkylation sites (N-methyl/N-ethyl adjacent to an activating group) is 2. The van der Waals surface area contributed by atoms with E-state index in [1.54, 1.807) is 26.2 Å². The zero-order chi connectivity index (χ0) is 31.4. The van der Waals surface area contributed by atoms with E-state index in [2.05, 4.69) is 10.6 Å². The van der Waals surface area contributed by atoms with Crippen molar-refractivity contribution < 1.29 is 28.7 Å². The van der Waals surface area contributed by atoms with Gasteiger partial charge in [-0.25, -0.2) is 0 Å². The Morgan fingerprint density at radius 1 is 0.951 bits per heavy atom. The van der Waals surface area contributed by atoms with Crippen LogP contribution >= 0.6 is 0 Å². The van der Waals surface area contributed by atoms with Crippen LogP contribution in [0.1, 0.15) is 67.2 Å². The number of hydrogen-bond donors (Lipinski definition) is 2. The number of carbonyl (C=O) groups is 4. The number of nitrogens with zero attached hydrogens (tertiary/aromatic N) is 3. The summed E-state index contributed by atoms with van der Waals surface area (Å²) in [6, 6.07) is -0.936. The second kappa shape index (κ2) is 17.7. The van der Waals surface area contributed by atoms with Crippen LogP contribution in [0.2, 0.25) is 0 Å². The van der Waals surface area contributed by atoms with Gasteiger partial charge in [0.15, 0.2) is 0 Å². The molecule has 0 aromatic heterocycles. The Balaban J connectivity index is 3.06. The molecule has 7 atom stereocenters. The van der Waals surface area contributed by atoms with Crippen molar-refractivity contribution in [1.29, 1.82) is 0 Å². The van der Waals surface area contributed by atoms with E-state index in [4.69, 9.17) is 9.47 Å². The number of ether oxygens (including phenoxy) is 2. The monoisotopic (exact) mass is 583 g/mol. The third-order valence-corrected chi connectivity index (χ3v) is 8.53. The first kappa shape index (κ1) is 36.8.